The summed E-state index contributed by atoms with van der Waals surface area (Å²) in [5, 5.41) is 4.77. The van der Waals surface area contributed by atoms with Crippen LogP contribution >= 0.6 is 0 Å². The van der Waals surface area contributed by atoms with Crippen LogP contribution in [0.3, 0.4) is 0 Å². The minimum Gasteiger partial charge on any atom is -0.456 e. The molecule has 0 N–H and O–H groups in total. The van der Waals surface area contributed by atoms with Gasteiger partial charge in [-0.15, -0.1) is 0 Å². The van der Waals surface area contributed by atoms with Crippen molar-refractivity contribution in [1.82, 2.24) is 29.1 Å². The van der Waals surface area contributed by atoms with Crippen LogP contribution in [0.5, 0.6) is 11.5 Å². The lowest BCUT2D eigenvalue weighted by Crippen LogP contribution is -1.97. The van der Waals surface area contributed by atoms with Gasteiger partial charge < -0.3 is 4.74 Å². The molecule has 0 atom stereocenters. The number of nitrogens with zero attached hydrogens (tertiary/aromatic N) is 6. The normalized spacial score (nSPS) is 11.9. The molecule has 0 saturated carbocycles. The number of aryl methyl sites for hydroxylation is 1. The van der Waals surface area contributed by atoms with Crippen molar-refractivity contribution in [3.63, 3.8) is 0 Å². The smallest absolute Gasteiger partial charge is 0.147 e. The molecule has 0 fully saturated rings. The van der Waals surface area contributed by atoms with Crippen LogP contribution in [0.4, 0.5) is 0 Å². The van der Waals surface area contributed by atoms with E-state index in [-0.39, 0.29) is 0 Å². The molecule has 0 bridgehead atoms. The number of rotatable bonds is 4. The standard InChI is InChI=1S/C35H22N6O/c1-21-15-22-10-11-23-17-24(18-28-33(23)32(22)27(16-21)41(28)31-9-3-5-13-37-31)42-25-19-29-35(39-20-25)34-26(7-6-14-38-34)40(29)30-8-2-4-12-36-30/h2-20H,1H3. The Balaban J connectivity index is 1.26. The fourth-order valence-electron chi connectivity index (χ4n) is 6.28. The van der Waals surface area contributed by atoms with Crippen molar-refractivity contribution in [2.24, 2.45) is 0 Å². The van der Waals surface area contributed by atoms with Gasteiger partial charge in [0.15, 0.2) is 0 Å². The molecule has 0 aliphatic carbocycles. The van der Waals surface area contributed by atoms with Crippen LogP contribution in [-0.4, -0.2) is 29.1 Å². The van der Waals surface area contributed by atoms with E-state index in [0.29, 0.717) is 5.75 Å². The van der Waals surface area contributed by atoms with E-state index in [1.54, 1.807) is 18.6 Å². The number of hydrogen-bond acceptors (Lipinski definition) is 5. The van der Waals surface area contributed by atoms with Crippen LogP contribution in [0, 0.1) is 6.92 Å². The lowest BCUT2D eigenvalue weighted by Gasteiger charge is -2.10. The zero-order valence-electron chi connectivity index (χ0n) is 22.6. The Bertz CT molecular complexity index is 2440. The molecular formula is C35H22N6O. The average Bonchev–Trinajstić information content (AvgIpc) is 3.53. The van der Waals surface area contributed by atoms with Crippen molar-refractivity contribution < 1.29 is 4.74 Å². The molecule has 0 saturated heterocycles. The Kier molecular flexibility index (Phi) is 4.69. The summed E-state index contributed by atoms with van der Waals surface area (Å²) in [5.74, 6) is 3.02. The predicted octanol–water partition coefficient (Wildman–Crippen LogP) is 8.15. The molecule has 0 amide bonds. The monoisotopic (exact) mass is 542 g/mol. The molecule has 9 rings (SSSR count). The third-order valence-electron chi connectivity index (χ3n) is 7.92. The van der Waals surface area contributed by atoms with Gasteiger partial charge in [0, 0.05) is 41.5 Å². The van der Waals surface area contributed by atoms with Crippen molar-refractivity contribution in [3.8, 4) is 23.1 Å². The molecule has 7 nitrogen and oxygen atoms in total. The molecule has 6 heterocycles. The van der Waals surface area contributed by atoms with Gasteiger partial charge in [-0.2, -0.15) is 0 Å². The number of pyridine rings is 4. The van der Waals surface area contributed by atoms with E-state index in [2.05, 4.69) is 62.4 Å². The molecule has 198 valence electrons. The SMILES string of the molecule is Cc1cc2ccc3cc(Oc4cnc5c6ncccc6n(-c6ccccn6)c5c4)cc4c3c2c(c1)n4-c1ccccn1. The predicted molar refractivity (Wildman–Crippen MR) is 166 cm³/mol. The molecule has 42 heavy (non-hydrogen) atoms. The van der Waals surface area contributed by atoms with Gasteiger partial charge >= 0.3 is 0 Å². The minimum atomic E-state index is 0.630. The van der Waals surface area contributed by atoms with Crippen LogP contribution < -0.4 is 4.74 Å². The first kappa shape index (κ1) is 22.9. The molecule has 6 aromatic heterocycles. The topological polar surface area (TPSA) is 70.7 Å². The first-order valence-electron chi connectivity index (χ1n) is 13.8. The van der Waals surface area contributed by atoms with Gasteiger partial charge in [-0.25, -0.2) is 15.0 Å². The van der Waals surface area contributed by atoms with Gasteiger partial charge in [0.25, 0.3) is 0 Å². The quantitative estimate of drug-likeness (QED) is 0.210. The maximum absolute atomic E-state index is 6.57. The van der Waals surface area contributed by atoms with E-state index in [0.717, 1.165) is 55.9 Å². The van der Waals surface area contributed by atoms with Gasteiger partial charge in [0.1, 0.15) is 34.2 Å². The van der Waals surface area contributed by atoms with Crippen LogP contribution in [0.1, 0.15) is 5.56 Å². The lowest BCUT2D eigenvalue weighted by atomic mass is 10.0. The number of fused-ring (bicyclic) bond motifs is 3. The Hall–Kier alpha value is -5.82. The van der Waals surface area contributed by atoms with E-state index in [4.69, 9.17) is 14.7 Å². The molecule has 0 aliphatic rings. The van der Waals surface area contributed by atoms with Gasteiger partial charge in [-0.1, -0.05) is 30.3 Å². The second-order valence-electron chi connectivity index (χ2n) is 10.5. The summed E-state index contributed by atoms with van der Waals surface area (Å²) >= 11 is 0. The summed E-state index contributed by atoms with van der Waals surface area (Å²) in [6, 6.07) is 30.9. The Labute approximate surface area is 239 Å². The molecule has 0 aliphatic heterocycles. The van der Waals surface area contributed by atoms with E-state index in [9.17, 15) is 0 Å². The van der Waals surface area contributed by atoms with E-state index >= 15 is 0 Å². The van der Waals surface area contributed by atoms with Crippen LogP contribution in [-0.2, 0) is 0 Å². The number of hydrogen-bond donors (Lipinski definition) is 0. The zero-order valence-corrected chi connectivity index (χ0v) is 22.6. The zero-order chi connectivity index (χ0) is 27.8. The summed E-state index contributed by atoms with van der Waals surface area (Å²) in [4.78, 5) is 18.8. The summed E-state index contributed by atoms with van der Waals surface area (Å²) in [7, 11) is 0. The second-order valence-corrected chi connectivity index (χ2v) is 10.5. The number of ether oxygens (including phenoxy) is 1. The van der Waals surface area contributed by atoms with Crippen LogP contribution in [0.2, 0.25) is 0 Å². The second kappa shape index (κ2) is 8.59. The molecule has 7 heteroatoms. The van der Waals surface area contributed by atoms with Crippen molar-refractivity contribution in [1.29, 1.82) is 0 Å². The summed E-state index contributed by atoms with van der Waals surface area (Å²) in [6.45, 7) is 2.14. The van der Waals surface area contributed by atoms with E-state index < -0.39 is 0 Å². The summed E-state index contributed by atoms with van der Waals surface area (Å²) in [5.41, 5.74) is 6.84. The van der Waals surface area contributed by atoms with Gasteiger partial charge in [0.2, 0.25) is 0 Å². The van der Waals surface area contributed by atoms with Crippen molar-refractivity contribution in [2.75, 3.05) is 0 Å². The molecular weight excluding hydrogens is 520 g/mol. The Morgan fingerprint density at radius 3 is 1.90 bits per heavy atom. The Morgan fingerprint density at radius 2 is 1.17 bits per heavy atom. The highest BCUT2D eigenvalue weighted by molar-refractivity contribution is 6.24. The first-order chi connectivity index (χ1) is 20.7. The summed E-state index contributed by atoms with van der Waals surface area (Å²) < 4.78 is 10.9. The molecule has 0 spiro atoms. The van der Waals surface area contributed by atoms with E-state index in [1.807, 2.05) is 60.8 Å². The fourth-order valence-corrected chi connectivity index (χ4v) is 6.28. The third-order valence-corrected chi connectivity index (χ3v) is 7.92. The molecule has 3 aromatic carbocycles. The number of aromatic nitrogens is 6. The van der Waals surface area contributed by atoms with Gasteiger partial charge in [0.05, 0.1) is 28.3 Å². The lowest BCUT2D eigenvalue weighted by molar-refractivity contribution is 0.482. The minimum absolute atomic E-state index is 0.630. The van der Waals surface area contributed by atoms with Crippen molar-refractivity contribution >= 4 is 54.6 Å². The largest absolute Gasteiger partial charge is 0.456 e. The van der Waals surface area contributed by atoms with Crippen LogP contribution in [0.15, 0.2) is 116 Å². The highest BCUT2D eigenvalue weighted by Crippen LogP contribution is 2.42. The average molecular weight is 543 g/mol. The third kappa shape index (κ3) is 3.28. The number of benzene rings is 3. The highest BCUT2D eigenvalue weighted by atomic mass is 16.5. The summed E-state index contributed by atoms with van der Waals surface area (Å²) in [6.07, 6.45) is 7.18. The maximum Gasteiger partial charge on any atom is 0.147 e. The first-order valence-corrected chi connectivity index (χ1v) is 13.8. The fraction of sp³-hybridized carbons (Fsp3) is 0.0286. The highest BCUT2D eigenvalue weighted by Gasteiger charge is 2.20. The van der Waals surface area contributed by atoms with Gasteiger partial charge in [-0.05, 0) is 71.8 Å². The van der Waals surface area contributed by atoms with Crippen LogP contribution in [0.25, 0.3) is 66.3 Å². The van der Waals surface area contributed by atoms with Crippen molar-refractivity contribution in [2.45, 2.75) is 6.92 Å². The van der Waals surface area contributed by atoms with Crippen molar-refractivity contribution in [3.05, 3.63) is 121 Å². The maximum atomic E-state index is 6.57. The molecule has 0 unspecified atom stereocenters. The van der Waals surface area contributed by atoms with E-state index in [1.165, 1.54) is 21.7 Å². The molecule has 9 aromatic rings. The van der Waals surface area contributed by atoms with Gasteiger partial charge in [-0.3, -0.25) is 14.1 Å². The molecule has 0 radical (unpaired) electrons. The Morgan fingerprint density at radius 1 is 0.524 bits per heavy atom.